The van der Waals surface area contributed by atoms with E-state index < -0.39 is 0 Å². The highest BCUT2D eigenvalue weighted by Gasteiger charge is 2.12. The van der Waals surface area contributed by atoms with Gasteiger partial charge in [-0.15, -0.1) is 0 Å². The number of benzene rings is 1. The summed E-state index contributed by atoms with van der Waals surface area (Å²) in [6.07, 6.45) is 3.92. The number of rotatable bonds is 5. The van der Waals surface area contributed by atoms with Crippen molar-refractivity contribution in [3.8, 4) is 5.75 Å². The van der Waals surface area contributed by atoms with Gasteiger partial charge in [0.15, 0.2) is 0 Å². The maximum Gasteiger partial charge on any atom is 0.122 e. The molecule has 0 spiro atoms. The van der Waals surface area contributed by atoms with Gasteiger partial charge in [0.25, 0.3) is 0 Å². The molecule has 3 nitrogen and oxygen atoms in total. The van der Waals surface area contributed by atoms with Gasteiger partial charge < -0.3 is 10.1 Å². The SMILES string of the molecule is CC(NCCc1ccc2c(c1)CCO2)c1ccccn1. The Morgan fingerprint density at radius 1 is 1.30 bits per heavy atom. The van der Waals surface area contributed by atoms with Crippen LogP contribution in [0.4, 0.5) is 0 Å². The van der Waals surface area contributed by atoms with E-state index in [1.165, 1.54) is 11.1 Å². The zero-order valence-electron chi connectivity index (χ0n) is 11.8. The predicted octanol–water partition coefficient (Wildman–Crippen LogP) is 2.91. The molecule has 0 saturated heterocycles. The Hall–Kier alpha value is -1.87. The first-order valence-electron chi connectivity index (χ1n) is 7.22. The molecule has 0 fully saturated rings. The first-order chi connectivity index (χ1) is 9.83. The van der Waals surface area contributed by atoms with E-state index in [-0.39, 0.29) is 6.04 Å². The molecule has 1 aliphatic heterocycles. The summed E-state index contributed by atoms with van der Waals surface area (Å²) in [7, 11) is 0. The second-order valence-electron chi connectivity index (χ2n) is 5.22. The van der Waals surface area contributed by atoms with E-state index in [1.54, 1.807) is 0 Å². The summed E-state index contributed by atoms with van der Waals surface area (Å²) in [4.78, 5) is 4.37. The van der Waals surface area contributed by atoms with Crippen molar-refractivity contribution in [3.63, 3.8) is 0 Å². The van der Waals surface area contributed by atoms with Crippen LogP contribution in [0, 0.1) is 0 Å². The summed E-state index contributed by atoms with van der Waals surface area (Å²) >= 11 is 0. The van der Waals surface area contributed by atoms with Crippen LogP contribution in [-0.4, -0.2) is 18.1 Å². The van der Waals surface area contributed by atoms with Crippen molar-refractivity contribution >= 4 is 0 Å². The van der Waals surface area contributed by atoms with Gasteiger partial charge in [0.1, 0.15) is 5.75 Å². The molecule has 20 heavy (non-hydrogen) atoms. The van der Waals surface area contributed by atoms with Gasteiger partial charge in [-0.3, -0.25) is 4.98 Å². The fraction of sp³-hybridized carbons (Fsp3) is 0.353. The van der Waals surface area contributed by atoms with E-state index in [9.17, 15) is 0 Å². The number of hydrogen-bond donors (Lipinski definition) is 1. The Morgan fingerprint density at radius 3 is 3.10 bits per heavy atom. The van der Waals surface area contributed by atoms with Gasteiger partial charge >= 0.3 is 0 Å². The number of aromatic nitrogens is 1. The van der Waals surface area contributed by atoms with Crippen molar-refractivity contribution in [1.82, 2.24) is 10.3 Å². The Kier molecular flexibility index (Phi) is 3.97. The summed E-state index contributed by atoms with van der Waals surface area (Å²) < 4.78 is 5.53. The maximum atomic E-state index is 5.53. The van der Waals surface area contributed by atoms with Crippen LogP contribution in [-0.2, 0) is 12.8 Å². The number of fused-ring (bicyclic) bond motifs is 1. The summed E-state index contributed by atoms with van der Waals surface area (Å²) in [5.41, 5.74) is 3.81. The molecular weight excluding hydrogens is 248 g/mol. The summed E-state index contributed by atoms with van der Waals surface area (Å²) in [6, 6.07) is 12.9. The second kappa shape index (κ2) is 6.06. The number of ether oxygens (including phenoxy) is 1. The van der Waals surface area contributed by atoms with Crippen molar-refractivity contribution in [1.29, 1.82) is 0 Å². The first-order valence-corrected chi connectivity index (χ1v) is 7.22. The second-order valence-corrected chi connectivity index (χ2v) is 5.22. The molecule has 0 amide bonds. The predicted molar refractivity (Wildman–Crippen MR) is 80.0 cm³/mol. The third kappa shape index (κ3) is 2.99. The van der Waals surface area contributed by atoms with E-state index in [4.69, 9.17) is 4.74 Å². The molecule has 2 aromatic rings. The van der Waals surface area contributed by atoms with Gasteiger partial charge in [-0.2, -0.15) is 0 Å². The number of nitrogens with one attached hydrogen (secondary N) is 1. The van der Waals surface area contributed by atoms with Crippen molar-refractivity contribution < 1.29 is 4.74 Å². The van der Waals surface area contributed by atoms with Gasteiger partial charge in [-0.05, 0) is 49.2 Å². The molecule has 1 aromatic carbocycles. The number of nitrogens with zero attached hydrogens (tertiary/aromatic N) is 1. The standard InChI is InChI=1S/C17H20N2O/c1-13(16-4-2-3-9-19-16)18-10-7-14-5-6-17-15(12-14)8-11-20-17/h2-6,9,12-13,18H,7-8,10-11H2,1H3. The fourth-order valence-electron chi connectivity index (χ4n) is 2.57. The molecule has 1 aliphatic rings. The highest BCUT2D eigenvalue weighted by molar-refractivity contribution is 5.39. The lowest BCUT2D eigenvalue weighted by atomic mass is 10.1. The lowest BCUT2D eigenvalue weighted by molar-refractivity contribution is 0.357. The molecule has 1 atom stereocenters. The third-order valence-corrected chi connectivity index (χ3v) is 3.75. The first kappa shape index (κ1) is 13.1. The van der Waals surface area contributed by atoms with E-state index in [2.05, 4.69) is 41.5 Å². The zero-order valence-corrected chi connectivity index (χ0v) is 11.8. The Balaban J connectivity index is 1.53. The van der Waals surface area contributed by atoms with Crippen LogP contribution in [0.1, 0.15) is 29.8 Å². The molecule has 0 saturated carbocycles. The molecule has 1 N–H and O–H groups in total. The van der Waals surface area contributed by atoms with Crippen LogP contribution < -0.4 is 10.1 Å². The highest BCUT2D eigenvalue weighted by Crippen LogP contribution is 2.25. The van der Waals surface area contributed by atoms with Gasteiger partial charge in [0.05, 0.1) is 12.3 Å². The Morgan fingerprint density at radius 2 is 2.25 bits per heavy atom. The molecule has 0 radical (unpaired) electrons. The van der Waals surface area contributed by atoms with E-state index in [0.717, 1.165) is 37.4 Å². The third-order valence-electron chi connectivity index (χ3n) is 3.75. The Labute approximate surface area is 120 Å². The lowest BCUT2D eigenvalue weighted by Crippen LogP contribution is -2.22. The molecule has 2 heterocycles. The topological polar surface area (TPSA) is 34.1 Å². The van der Waals surface area contributed by atoms with Crippen molar-refractivity contribution in [2.45, 2.75) is 25.8 Å². The molecule has 104 valence electrons. The van der Waals surface area contributed by atoms with E-state index >= 15 is 0 Å². The number of hydrogen-bond acceptors (Lipinski definition) is 3. The average Bonchev–Trinajstić information content (AvgIpc) is 2.95. The molecule has 3 rings (SSSR count). The summed E-state index contributed by atoms with van der Waals surface area (Å²) in [5, 5.41) is 3.52. The molecule has 0 aliphatic carbocycles. The van der Waals surface area contributed by atoms with Crippen LogP contribution in [0.25, 0.3) is 0 Å². The quantitative estimate of drug-likeness (QED) is 0.905. The molecule has 0 bridgehead atoms. The largest absolute Gasteiger partial charge is 0.493 e. The van der Waals surface area contributed by atoms with Gasteiger partial charge in [0.2, 0.25) is 0 Å². The van der Waals surface area contributed by atoms with Gasteiger partial charge in [-0.1, -0.05) is 18.2 Å². The summed E-state index contributed by atoms with van der Waals surface area (Å²) in [6.45, 7) is 3.93. The van der Waals surface area contributed by atoms with Gasteiger partial charge in [0, 0.05) is 18.7 Å². The minimum absolute atomic E-state index is 0.286. The van der Waals surface area contributed by atoms with Crippen LogP contribution in [0.2, 0.25) is 0 Å². The van der Waals surface area contributed by atoms with Crippen molar-refractivity contribution in [2.75, 3.05) is 13.2 Å². The molecular formula is C17H20N2O. The van der Waals surface area contributed by atoms with Crippen LogP contribution >= 0.6 is 0 Å². The molecule has 1 aromatic heterocycles. The van der Waals surface area contributed by atoms with Crippen LogP contribution in [0.5, 0.6) is 5.75 Å². The number of pyridine rings is 1. The smallest absolute Gasteiger partial charge is 0.122 e. The van der Waals surface area contributed by atoms with Gasteiger partial charge in [-0.25, -0.2) is 0 Å². The molecule has 3 heteroatoms. The fourth-order valence-corrected chi connectivity index (χ4v) is 2.57. The lowest BCUT2D eigenvalue weighted by Gasteiger charge is -2.13. The normalized spacial score (nSPS) is 14.7. The minimum Gasteiger partial charge on any atom is -0.493 e. The van der Waals surface area contributed by atoms with Crippen LogP contribution in [0.15, 0.2) is 42.6 Å². The van der Waals surface area contributed by atoms with Crippen molar-refractivity contribution in [3.05, 3.63) is 59.4 Å². The zero-order chi connectivity index (χ0) is 13.8. The summed E-state index contributed by atoms with van der Waals surface area (Å²) in [5.74, 6) is 1.06. The monoisotopic (exact) mass is 268 g/mol. The average molecular weight is 268 g/mol. The minimum atomic E-state index is 0.286. The Bertz CT molecular complexity index is 568. The highest BCUT2D eigenvalue weighted by atomic mass is 16.5. The van der Waals surface area contributed by atoms with E-state index in [0.29, 0.717) is 0 Å². The van der Waals surface area contributed by atoms with E-state index in [1.807, 2.05) is 18.3 Å². The molecule has 1 unspecified atom stereocenters. The van der Waals surface area contributed by atoms with Crippen molar-refractivity contribution in [2.24, 2.45) is 0 Å². The van der Waals surface area contributed by atoms with Crippen LogP contribution in [0.3, 0.4) is 0 Å². The maximum absolute atomic E-state index is 5.53.